The molecule has 1 amide bonds. The summed E-state index contributed by atoms with van der Waals surface area (Å²) in [4.78, 5) is 34.0. The summed E-state index contributed by atoms with van der Waals surface area (Å²) < 4.78 is 76.2. The maximum atomic E-state index is 12.8. The summed E-state index contributed by atoms with van der Waals surface area (Å²) in [7, 11) is 0. The van der Waals surface area contributed by atoms with Crippen LogP contribution >= 0.6 is 0 Å². The van der Waals surface area contributed by atoms with Crippen molar-refractivity contribution >= 4 is 17.6 Å². The van der Waals surface area contributed by atoms with Crippen LogP contribution in [0, 0.1) is 5.92 Å². The minimum absolute atomic E-state index is 0.0800. The van der Waals surface area contributed by atoms with Crippen LogP contribution in [0.3, 0.4) is 0 Å². The zero-order valence-corrected chi connectivity index (χ0v) is 16.3. The van der Waals surface area contributed by atoms with Crippen molar-refractivity contribution in [2.75, 3.05) is 18.0 Å². The van der Waals surface area contributed by atoms with E-state index in [4.69, 9.17) is 4.84 Å². The molecule has 0 radical (unpaired) electrons. The monoisotopic (exact) mass is 461 g/mol. The molecule has 3 rings (SSSR count). The third-order valence-corrected chi connectivity index (χ3v) is 4.85. The fourth-order valence-corrected chi connectivity index (χ4v) is 3.17. The molecule has 1 aliphatic rings. The number of nitrogens with one attached hydrogen (secondary N) is 1. The predicted octanol–water partition coefficient (Wildman–Crippen LogP) is 3.76. The number of rotatable bonds is 4. The van der Waals surface area contributed by atoms with Crippen molar-refractivity contribution in [2.45, 2.75) is 25.2 Å². The van der Waals surface area contributed by atoms with Crippen LogP contribution in [0.1, 0.15) is 23.1 Å². The summed E-state index contributed by atoms with van der Waals surface area (Å²) >= 11 is 0. The second-order valence-corrected chi connectivity index (χ2v) is 7.18. The molecule has 0 aliphatic carbocycles. The number of alkyl halides is 6. The highest BCUT2D eigenvalue weighted by Crippen LogP contribution is 2.32. The number of hydroxylamine groups is 1. The molecule has 1 aliphatic heterocycles. The molecule has 0 saturated carbocycles. The van der Waals surface area contributed by atoms with Gasteiger partial charge in [0.2, 0.25) is 0 Å². The summed E-state index contributed by atoms with van der Waals surface area (Å²) in [5, 5.41) is 0. The molecular weight excluding hydrogens is 444 g/mol. The van der Waals surface area contributed by atoms with Crippen molar-refractivity contribution in [3.8, 4) is 0 Å². The maximum absolute atomic E-state index is 12.8. The number of hydrogen-bond donors (Lipinski definition) is 1. The van der Waals surface area contributed by atoms with E-state index in [1.54, 1.807) is 4.90 Å². The Labute approximate surface area is 178 Å². The normalized spacial score (nSPS) is 16.7. The first-order chi connectivity index (χ1) is 14.9. The Morgan fingerprint density at radius 3 is 2.31 bits per heavy atom. The van der Waals surface area contributed by atoms with E-state index in [0.29, 0.717) is 19.2 Å². The molecular formula is C20H17F6N3O3. The summed E-state index contributed by atoms with van der Waals surface area (Å²) in [5.74, 6) is -2.20. The lowest BCUT2D eigenvalue weighted by atomic mass is 10.1. The van der Waals surface area contributed by atoms with Crippen LogP contribution in [-0.2, 0) is 33.2 Å². The Morgan fingerprint density at radius 2 is 1.69 bits per heavy atom. The average molecular weight is 461 g/mol. The molecule has 12 heteroatoms. The molecule has 0 bridgehead atoms. The lowest BCUT2D eigenvalue weighted by Gasteiger charge is -2.19. The number of amides is 1. The summed E-state index contributed by atoms with van der Waals surface area (Å²) in [6, 6.07) is 4.89. The van der Waals surface area contributed by atoms with Crippen molar-refractivity contribution in [1.29, 1.82) is 0 Å². The minimum atomic E-state index is -4.54. The van der Waals surface area contributed by atoms with Crippen molar-refractivity contribution < 1.29 is 40.8 Å². The van der Waals surface area contributed by atoms with Gasteiger partial charge in [-0.25, -0.2) is 4.79 Å². The largest absolute Gasteiger partial charge is 0.417 e. The fourth-order valence-electron chi connectivity index (χ4n) is 3.17. The third-order valence-electron chi connectivity index (χ3n) is 4.85. The zero-order chi connectivity index (χ0) is 23.5. The quantitative estimate of drug-likeness (QED) is 0.555. The minimum Gasteiger partial charge on any atom is -0.369 e. The van der Waals surface area contributed by atoms with Gasteiger partial charge in [0.15, 0.2) is 0 Å². The van der Waals surface area contributed by atoms with Crippen LogP contribution < -0.4 is 10.4 Å². The van der Waals surface area contributed by atoms with Crippen molar-refractivity contribution in [1.82, 2.24) is 10.5 Å². The summed E-state index contributed by atoms with van der Waals surface area (Å²) in [6.07, 6.45) is -7.08. The van der Waals surface area contributed by atoms with Gasteiger partial charge in [0.25, 0.3) is 5.91 Å². The molecule has 172 valence electrons. The summed E-state index contributed by atoms with van der Waals surface area (Å²) in [5.41, 5.74) is 0.685. The number of nitrogens with zero attached hydrogens (tertiary/aromatic N) is 2. The van der Waals surface area contributed by atoms with E-state index in [-0.39, 0.29) is 24.2 Å². The van der Waals surface area contributed by atoms with Crippen LogP contribution in [0.2, 0.25) is 0 Å². The molecule has 2 aromatic rings. The second kappa shape index (κ2) is 9.05. The van der Waals surface area contributed by atoms with Gasteiger partial charge in [-0.05, 0) is 30.2 Å². The van der Waals surface area contributed by atoms with Crippen LogP contribution in [0.15, 0.2) is 42.7 Å². The number of hydrogen-bond acceptors (Lipinski definition) is 5. The van der Waals surface area contributed by atoms with E-state index in [1.807, 2.05) is 5.48 Å². The fraction of sp³-hybridized carbons (Fsp3) is 0.350. The Bertz CT molecular complexity index is 976. The van der Waals surface area contributed by atoms with Gasteiger partial charge < -0.3 is 9.74 Å². The Balaban J connectivity index is 1.49. The van der Waals surface area contributed by atoms with Crippen LogP contribution in [0.25, 0.3) is 0 Å². The van der Waals surface area contributed by atoms with E-state index < -0.39 is 41.3 Å². The first-order valence-electron chi connectivity index (χ1n) is 9.36. The molecule has 0 spiro atoms. The highest BCUT2D eigenvalue weighted by molar-refractivity contribution is 5.81. The average Bonchev–Trinajstić information content (AvgIpc) is 3.22. The van der Waals surface area contributed by atoms with E-state index >= 15 is 0 Å². The predicted molar refractivity (Wildman–Crippen MR) is 98.9 cm³/mol. The maximum Gasteiger partial charge on any atom is 0.417 e. The molecule has 1 aromatic carbocycles. The van der Waals surface area contributed by atoms with Gasteiger partial charge in [0.1, 0.15) is 0 Å². The number of carbonyl (C=O) groups is 2. The van der Waals surface area contributed by atoms with Gasteiger partial charge in [-0.15, -0.1) is 0 Å². The highest BCUT2D eigenvalue weighted by Gasteiger charge is 2.34. The third kappa shape index (κ3) is 5.89. The first kappa shape index (κ1) is 23.4. The number of anilines is 1. The van der Waals surface area contributed by atoms with Crippen LogP contribution in [0.5, 0.6) is 0 Å². The molecule has 1 unspecified atom stereocenters. The Morgan fingerprint density at radius 1 is 1.03 bits per heavy atom. The smallest absolute Gasteiger partial charge is 0.369 e. The van der Waals surface area contributed by atoms with E-state index in [0.717, 1.165) is 30.3 Å². The van der Waals surface area contributed by atoms with Gasteiger partial charge in [0.05, 0.1) is 35.3 Å². The lowest BCUT2D eigenvalue weighted by molar-refractivity contribution is -0.161. The van der Waals surface area contributed by atoms with Gasteiger partial charge in [-0.2, -0.15) is 31.8 Å². The SMILES string of the molecule is O=C(Cc1ccc(C(F)(F)F)cc1)NOC(=O)C1CCN(c2cncc(C(F)(F)F)c2)C1. The Hall–Kier alpha value is -3.31. The van der Waals surface area contributed by atoms with Crippen LogP contribution in [-0.4, -0.2) is 29.9 Å². The molecule has 2 heterocycles. The number of halogens is 6. The van der Waals surface area contributed by atoms with Gasteiger partial charge in [0, 0.05) is 19.3 Å². The Kier molecular flexibility index (Phi) is 6.60. The lowest BCUT2D eigenvalue weighted by Crippen LogP contribution is -2.32. The number of benzene rings is 1. The second-order valence-electron chi connectivity index (χ2n) is 7.18. The molecule has 1 N–H and O–H groups in total. The molecule has 1 aromatic heterocycles. The molecule has 1 atom stereocenters. The van der Waals surface area contributed by atoms with Crippen molar-refractivity contribution in [3.63, 3.8) is 0 Å². The number of carbonyl (C=O) groups excluding carboxylic acids is 2. The van der Waals surface area contributed by atoms with E-state index in [9.17, 15) is 35.9 Å². The molecule has 1 saturated heterocycles. The zero-order valence-electron chi connectivity index (χ0n) is 16.3. The van der Waals surface area contributed by atoms with Crippen molar-refractivity contribution in [3.05, 3.63) is 59.4 Å². The first-order valence-corrected chi connectivity index (χ1v) is 9.36. The molecule has 32 heavy (non-hydrogen) atoms. The summed E-state index contributed by atoms with van der Waals surface area (Å²) in [6.45, 7) is 0.374. The standard InChI is InChI=1S/C20H17F6N3O3/c21-19(22,23)14-3-1-12(2-4-14)7-17(30)28-32-18(31)13-5-6-29(11-13)16-8-15(9-27-10-16)20(24,25)26/h1-4,8-10,13H,5-7,11H2,(H,28,30). The van der Waals surface area contributed by atoms with E-state index in [2.05, 4.69) is 4.98 Å². The van der Waals surface area contributed by atoms with E-state index in [1.165, 1.54) is 6.20 Å². The van der Waals surface area contributed by atoms with Crippen molar-refractivity contribution in [2.24, 2.45) is 5.92 Å². The van der Waals surface area contributed by atoms with Gasteiger partial charge in [-0.1, -0.05) is 12.1 Å². The van der Waals surface area contributed by atoms with Crippen LogP contribution in [0.4, 0.5) is 32.0 Å². The molecule has 6 nitrogen and oxygen atoms in total. The topological polar surface area (TPSA) is 71.5 Å². The van der Waals surface area contributed by atoms with Gasteiger partial charge >= 0.3 is 18.3 Å². The highest BCUT2D eigenvalue weighted by atomic mass is 19.4. The number of aromatic nitrogens is 1. The molecule has 1 fully saturated rings. The van der Waals surface area contributed by atoms with Gasteiger partial charge in [-0.3, -0.25) is 9.78 Å². The number of pyridine rings is 1.